The van der Waals surface area contributed by atoms with Gasteiger partial charge in [0.15, 0.2) is 0 Å². The van der Waals surface area contributed by atoms with Gasteiger partial charge in [-0.05, 0) is 6.07 Å². The van der Waals surface area contributed by atoms with Crippen LogP contribution in [0.2, 0.25) is 0 Å². The first-order valence-electron chi connectivity index (χ1n) is 4.42. The number of nitriles is 1. The van der Waals surface area contributed by atoms with Crippen molar-refractivity contribution in [2.24, 2.45) is 0 Å². The molecule has 0 spiro atoms. The first-order valence-corrected chi connectivity index (χ1v) is 7.26. The maximum atomic E-state index is 12.1. The normalized spacial score (nSPS) is 12.0. The van der Waals surface area contributed by atoms with Crippen LogP contribution in [-0.2, 0) is 14.9 Å². The lowest BCUT2D eigenvalue weighted by Crippen LogP contribution is -2.17. The van der Waals surface area contributed by atoms with Crippen molar-refractivity contribution in [3.05, 3.63) is 23.3 Å². The molecule has 0 aliphatic heterocycles. The average Bonchev–Trinajstić information content (AvgIpc) is 2.24. The number of alkyl halides is 4. The van der Waals surface area contributed by atoms with Gasteiger partial charge in [-0.15, -0.1) is 24.8 Å². The van der Waals surface area contributed by atoms with Crippen molar-refractivity contribution in [3.63, 3.8) is 0 Å². The molecule has 0 saturated carbocycles. The van der Waals surface area contributed by atoms with E-state index in [1.165, 1.54) is 6.07 Å². The van der Waals surface area contributed by atoms with E-state index in [0.717, 1.165) is 6.07 Å². The molecule has 0 N–H and O–H groups in total. The summed E-state index contributed by atoms with van der Waals surface area (Å²) in [5.74, 6) is -1.27. The van der Waals surface area contributed by atoms with E-state index in [0.29, 0.717) is 6.07 Å². The fourth-order valence-corrected chi connectivity index (χ4v) is 2.78. The Morgan fingerprint density at radius 2 is 1.95 bits per heavy atom. The Labute approximate surface area is 115 Å². The van der Waals surface area contributed by atoms with E-state index in [4.69, 9.17) is 27.5 Å². The fraction of sp³-hybridized carbons (Fsp3) is 0.222. The molecule has 0 bridgehead atoms. The molecule has 0 heterocycles. The minimum atomic E-state index is -5.03. The topological polar surface area (TPSA) is 67.2 Å². The standard InChI is InChI=1S/C9H4Cl2F3NO3S/c10-3-7-5(4-15)1-6(18-9(12,13)14)2-8(7)19(11,16)17/h1-2H,3H2. The van der Waals surface area contributed by atoms with Crippen molar-refractivity contribution in [1.82, 2.24) is 0 Å². The van der Waals surface area contributed by atoms with E-state index in [2.05, 4.69) is 4.74 Å². The van der Waals surface area contributed by atoms with Gasteiger partial charge in [-0.2, -0.15) is 5.26 Å². The van der Waals surface area contributed by atoms with E-state index >= 15 is 0 Å². The lowest BCUT2D eigenvalue weighted by molar-refractivity contribution is -0.274. The Morgan fingerprint density at radius 3 is 2.32 bits per heavy atom. The first-order chi connectivity index (χ1) is 8.58. The van der Waals surface area contributed by atoms with Gasteiger partial charge in [-0.3, -0.25) is 0 Å². The Balaban J connectivity index is 3.54. The summed E-state index contributed by atoms with van der Waals surface area (Å²) in [7, 11) is 0.715. The van der Waals surface area contributed by atoms with Gasteiger partial charge in [-0.1, -0.05) is 0 Å². The summed E-state index contributed by atoms with van der Waals surface area (Å²) in [5, 5.41) is 8.78. The summed E-state index contributed by atoms with van der Waals surface area (Å²) in [6, 6.07) is 2.83. The number of ether oxygens (including phenoxy) is 1. The molecule has 104 valence electrons. The van der Waals surface area contributed by atoms with Crippen LogP contribution in [0.15, 0.2) is 17.0 Å². The van der Waals surface area contributed by atoms with Gasteiger partial charge in [0.05, 0.1) is 22.4 Å². The SMILES string of the molecule is N#Cc1cc(OC(F)(F)F)cc(S(=O)(=O)Cl)c1CCl. The van der Waals surface area contributed by atoms with Crippen LogP contribution in [0.3, 0.4) is 0 Å². The van der Waals surface area contributed by atoms with Gasteiger partial charge >= 0.3 is 6.36 Å². The highest BCUT2D eigenvalue weighted by Crippen LogP contribution is 2.32. The highest BCUT2D eigenvalue weighted by Gasteiger charge is 2.32. The largest absolute Gasteiger partial charge is 0.573 e. The van der Waals surface area contributed by atoms with Crippen molar-refractivity contribution >= 4 is 31.3 Å². The number of nitrogens with zero attached hydrogens (tertiary/aromatic N) is 1. The molecule has 0 unspecified atom stereocenters. The highest BCUT2D eigenvalue weighted by atomic mass is 35.7. The fourth-order valence-electron chi connectivity index (χ4n) is 1.27. The van der Waals surface area contributed by atoms with Crippen molar-refractivity contribution in [3.8, 4) is 11.8 Å². The van der Waals surface area contributed by atoms with E-state index in [-0.39, 0.29) is 11.1 Å². The van der Waals surface area contributed by atoms with Gasteiger partial charge in [0.1, 0.15) is 5.75 Å². The molecule has 10 heteroatoms. The Hall–Kier alpha value is -1.17. The second-order valence-electron chi connectivity index (χ2n) is 3.18. The molecule has 0 aliphatic rings. The number of halogens is 5. The second kappa shape index (κ2) is 5.45. The first kappa shape index (κ1) is 15.9. The Bertz CT molecular complexity index is 637. The van der Waals surface area contributed by atoms with Crippen LogP contribution in [0.1, 0.15) is 11.1 Å². The van der Waals surface area contributed by atoms with Crippen LogP contribution in [0, 0.1) is 11.3 Å². The maximum absolute atomic E-state index is 12.1. The van der Waals surface area contributed by atoms with Crippen molar-refractivity contribution in [1.29, 1.82) is 5.26 Å². The molecule has 0 radical (unpaired) electrons. The molecule has 0 aromatic heterocycles. The van der Waals surface area contributed by atoms with E-state index in [1.54, 1.807) is 0 Å². The van der Waals surface area contributed by atoms with Crippen LogP contribution in [0.25, 0.3) is 0 Å². The van der Waals surface area contributed by atoms with E-state index in [9.17, 15) is 21.6 Å². The third kappa shape index (κ3) is 4.16. The highest BCUT2D eigenvalue weighted by molar-refractivity contribution is 8.13. The molecule has 1 rings (SSSR count). The predicted molar refractivity (Wildman–Crippen MR) is 60.4 cm³/mol. The molecule has 0 saturated heterocycles. The number of hydrogen-bond acceptors (Lipinski definition) is 4. The maximum Gasteiger partial charge on any atom is 0.573 e. The van der Waals surface area contributed by atoms with Crippen LogP contribution in [-0.4, -0.2) is 14.8 Å². The van der Waals surface area contributed by atoms with Crippen LogP contribution < -0.4 is 4.74 Å². The molecular formula is C9H4Cl2F3NO3S. The van der Waals surface area contributed by atoms with Crippen molar-refractivity contribution < 1.29 is 26.3 Å². The minimum absolute atomic E-state index is 0.186. The molecule has 1 aromatic rings. The summed E-state index contributed by atoms with van der Waals surface area (Å²) in [5.41, 5.74) is -0.551. The zero-order valence-electron chi connectivity index (χ0n) is 8.83. The summed E-state index contributed by atoms with van der Waals surface area (Å²) >= 11 is 5.47. The van der Waals surface area contributed by atoms with Gasteiger partial charge in [0, 0.05) is 22.3 Å². The molecule has 0 amide bonds. The molecule has 4 nitrogen and oxygen atoms in total. The predicted octanol–water partition coefficient (Wildman–Crippen LogP) is 3.12. The number of rotatable bonds is 3. The van der Waals surface area contributed by atoms with Crippen LogP contribution >= 0.6 is 22.3 Å². The van der Waals surface area contributed by atoms with Gasteiger partial charge in [0.25, 0.3) is 9.05 Å². The zero-order chi connectivity index (χ0) is 14.8. The second-order valence-corrected chi connectivity index (χ2v) is 5.98. The van der Waals surface area contributed by atoms with Gasteiger partial charge in [0.2, 0.25) is 0 Å². The molecule has 0 aliphatic carbocycles. The number of hydrogen-bond donors (Lipinski definition) is 0. The summed E-state index contributed by atoms with van der Waals surface area (Å²) in [4.78, 5) is -0.692. The minimum Gasteiger partial charge on any atom is -0.406 e. The lowest BCUT2D eigenvalue weighted by Gasteiger charge is -2.12. The number of benzene rings is 1. The summed E-state index contributed by atoms with van der Waals surface area (Å²) < 4.78 is 62.3. The van der Waals surface area contributed by atoms with Crippen molar-refractivity contribution in [2.75, 3.05) is 0 Å². The van der Waals surface area contributed by atoms with E-state index in [1.807, 2.05) is 0 Å². The zero-order valence-corrected chi connectivity index (χ0v) is 11.2. The third-order valence-corrected chi connectivity index (χ3v) is 3.59. The lowest BCUT2D eigenvalue weighted by atomic mass is 10.1. The quantitative estimate of drug-likeness (QED) is 0.629. The Morgan fingerprint density at radius 1 is 1.37 bits per heavy atom. The smallest absolute Gasteiger partial charge is 0.406 e. The molecule has 0 atom stereocenters. The molecular weight excluding hydrogens is 330 g/mol. The molecule has 1 aromatic carbocycles. The van der Waals surface area contributed by atoms with Gasteiger partial charge in [-0.25, -0.2) is 8.42 Å². The summed E-state index contributed by atoms with van der Waals surface area (Å²) in [6.07, 6.45) is -5.03. The molecule has 0 fully saturated rings. The third-order valence-electron chi connectivity index (χ3n) is 1.93. The Kier molecular flexibility index (Phi) is 4.55. The van der Waals surface area contributed by atoms with Gasteiger partial charge < -0.3 is 4.74 Å². The van der Waals surface area contributed by atoms with Crippen LogP contribution in [0.5, 0.6) is 5.75 Å². The molecule has 19 heavy (non-hydrogen) atoms. The average molecular weight is 334 g/mol. The summed E-state index contributed by atoms with van der Waals surface area (Å²) in [6.45, 7) is 0. The monoisotopic (exact) mass is 333 g/mol. The van der Waals surface area contributed by atoms with E-state index < -0.39 is 31.9 Å². The van der Waals surface area contributed by atoms with Crippen LogP contribution in [0.4, 0.5) is 13.2 Å². The van der Waals surface area contributed by atoms with Crippen molar-refractivity contribution in [2.45, 2.75) is 17.1 Å².